The first kappa shape index (κ1) is 10.0. The van der Waals surface area contributed by atoms with Crippen molar-refractivity contribution in [3.8, 4) is 0 Å². The van der Waals surface area contributed by atoms with Gasteiger partial charge in [0.1, 0.15) is 16.3 Å². The average Bonchev–Trinajstić information content (AvgIpc) is 2.32. The Bertz CT molecular complexity index is 188. The predicted octanol–water partition coefficient (Wildman–Crippen LogP) is -0.449. The average molecular weight is 287 g/mol. The van der Waals surface area contributed by atoms with Gasteiger partial charge in [-0.3, -0.25) is 4.90 Å². The molecule has 0 spiro atoms. The van der Waals surface area contributed by atoms with Crippen molar-refractivity contribution in [1.29, 1.82) is 0 Å². The van der Waals surface area contributed by atoms with E-state index in [2.05, 4.69) is 4.74 Å². The zero-order chi connectivity index (χ0) is 9.30. The highest BCUT2D eigenvalue weighted by molar-refractivity contribution is 14.1. The second kappa shape index (κ2) is 3.75. The normalized spacial score (nSPS) is 35.3. The Labute approximate surface area is 83.4 Å². The lowest BCUT2D eigenvalue weighted by Crippen LogP contribution is -2.35. The van der Waals surface area contributed by atoms with Crippen LogP contribution in [0.1, 0.15) is 0 Å². The molecule has 0 aromatic heterocycles. The zero-order valence-corrected chi connectivity index (χ0v) is 8.63. The van der Waals surface area contributed by atoms with Crippen molar-refractivity contribution < 1.29 is 19.7 Å². The number of hydrogen-bond donors (Lipinski definition) is 2. The highest BCUT2D eigenvalue weighted by atomic mass is 127. The monoisotopic (exact) mass is 287 g/mol. The van der Waals surface area contributed by atoms with E-state index >= 15 is 0 Å². The minimum atomic E-state index is -0.885. The van der Waals surface area contributed by atoms with Crippen LogP contribution in [0.2, 0.25) is 0 Å². The third-order valence-corrected chi connectivity index (χ3v) is 3.18. The predicted molar refractivity (Wildman–Crippen MR) is 48.9 cm³/mol. The lowest BCUT2D eigenvalue weighted by atomic mass is 10.3. The van der Waals surface area contributed by atoms with E-state index in [4.69, 9.17) is 0 Å². The number of methoxy groups -OCH3 is 1. The molecule has 1 heterocycles. The van der Waals surface area contributed by atoms with E-state index in [1.165, 1.54) is 12.0 Å². The Kier molecular flexibility index (Phi) is 3.13. The molecular formula is C6H10INO4. The molecule has 1 amide bonds. The van der Waals surface area contributed by atoms with E-state index in [0.717, 1.165) is 0 Å². The molecular weight excluding hydrogens is 277 g/mol. The molecule has 70 valence electrons. The number of carbonyl (C=O) groups excluding carboxylic acids is 1. The molecule has 0 aliphatic carbocycles. The number of carbonyl (C=O) groups is 1. The molecule has 2 N–H and O–H groups in total. The third kappa shape index (κ3) is 1.64. The maximum atomic E-state index is 11.0. The SMILES string of the molecule is COC(=O)N1C[C@@H](O)[C@H](O)[C@@H]1I. The highest BCUT2D eigenvalue weighted by Crippen LogP contribution is 2.24. The minimum Gasteiger partial charge on any atom is -0.453 e. The van der Waals surface area contributed by atoms with Crippen LogP contribution in [0, 0.1) is 0 Å². The van der Waals surface area contributed by atoms with Gasteiger partial charge >= 0.3 is 6.09 Å². The van der Waals surface area contributed by atoms with E-state index < -0.39 is 22.3 Å². The molecule has 1 rings (SSSR count). The summed E-state index contributed by atoms with van der Waals surface area (Å²) >= 11 is 1.89. The van der Waals surface area contributed by atoms with Gasteiger partial charge in [0.15, 0.2) is 0 Å². The van der Waals surface area contributed by atoms with Crippen LogP contribution in [0.5, 0.6) is 0 Å². The Morgan fingerprint density at radius 1 is 1.67 bits per heavy atom. The number of ether oxygens (including phenoxy) is 1. The Balaban J connectivity index is 2.64. The number of amides is 1. The van der Waals surface area contributed by atoms with Crippen molar-refractivity contribution in [3.05, 3.63) is 0 Å². The summed E-state index contributed by atoms with van der Waals surface area (Å²) < 4.78 is 4.05. The highest BCUT2D eigenvalue weighted by Gasteiger charge is 2.41. The van der Waals surface area contributed by atoms with Crippen molar-refractivity contribution in [2.24, 2.45) is 0 Å². The largest absolute Gasteiger partial charge is 0.453 e. The van der Waals surface area contributed by atoms with Crippen molar-refractivity contribution in [2.75, 3.05) is 13.7 Å². The van der Waals surface area contributed by atoms with Gasteiger partial charge in [-0.1, -0.05) is 22.6 Å². The van der Waals surface area contributed by atoms with Crippen LogP contribution >= 0.6 is 22.6 Å². The van der Waals surface area contributed by atoms with Gasteiger partial charge in [0.2, 0.25) is 0 Å². The van der Waals surface area contributed by atoms with Gasteiger partial charge in [-0.05, 0) is 0 Å². The Morgan fingerprint density at radius 3 is 2.58 bits per heavy atom. The number of likely N-dealkylation sites (tertiary alicyclic amines) is 1. The van der Waals surface area contributed by atoms with E-state index in [-0.39, 0.29) is 6.54 Å². The fourth-order valence-corrected chi connectivity index (χ4v) is 2.00. The zero-order valence-electron chi connectivity index (χ0n) is 6.48. The molecule has 1 aliphatic rings. The van der Waals surface area contributed by atoms with Crippen LogP contribution in [0.15, 0.2) is 0 Å². The standard InChI is InChI=1S/C6H10INO4/c1-12-6(11)8-2-3(9)4(10)5(8)7/h3-5,9-10H,2H2,1H3/t3-,4+,5-/m1/s1. The fourth-order valence-electron chi connectivity index (χ4n) is 1.07. The third-order valence-electron chi connectivity index (χ3n) is 1.77. The molecule has 12 heavy (non-hydrogen) atoms. The van der Waals surface area contributed by atoms with Crippen LogP contribution in [-0.4, -0.2) is 51.1 Å². The summed E-state index contributed by atoms with van der Waals surface area (Å²) in [7, 11) is 1.27. The van der Waals surface area contributed by atoms with Crippen LogP contribution in [0.4, 0.5) is 4.79 Å². The summed E-state index contributed by atoms with van der Waals surface area (Å²) in [4.78, 5) is 12.3. The number of aliphatic hydroxyl groups excluding tert-OH is 2. The molecule has 1 aliphatic heterocycles. The summed E-state index contributed by atoms with van der Waals surface area (Å²) in [5, 5.41) is 18.5. The van der Waals surface area contributed by atoms with Crippen LogP contribution < -0.4 is 0 Å². The molecule has 0 bridgehead atoms. The van der Waals surface area contributed by atoms with Crippen molar-refractivity contribution in [2.45, 2.75) is 16.3 Å². The summed E-state index contributed by atoms with van der Waals surface area (Å²) in [6.07, 6.45) is -2.28. The maximum Gasteiger partial charge on any atom is 0.410 e. The molecule has 6 heteroatoms. The van der Waals surface area contributed by atoms with Gasteiger partial charge < -0.3 is 14.9 Å². The Hall–Kier alpha value is -0.0800. The summed E-state index contributed by atoms with van der Waals surface area (Å²) in [6, 6.07) is 0. The van der Waals surface area contributed by atoms with E-state index in [9.17, 15) is 15.0 Å². The van der Waals surface area contributed by atoms with Gasteiger partial charge in [0.25, 0.3) is 0 Å². The molecule has 0 saturated carbocycles. The number of aliphatic hydroxyl groups is 2. The molecule has 1 saturated heterocycles. The summed E-state index contributed by atoms with van der Waals surface area (Å²) in [6.45, 7) is 0.126. The van der Waals surface area contributed by atoms with Crippen LogP contribution in [-0.2, 0) is 4.74 Å². The first-order chi connectivity index (χ1) is 5.57. The van der Waals surface area contributed by atoms with Gasteiger partial charge in [-0.25, -0.2) is 4.79 Å². The van der Waals surface area contributed by atoms with E-state index in [1.54, 1.807) is 0 Å². The molecule has 1 fully saturated rings. The maximum absolute atomic E-state index is 11.0. The molecule has 0 unspecified atom stereocenters. The van der Waals surface area contributed by atoms with Gasteiger partial charge in [0.05, 0.1) is 13.7 Å². The molecule has 0 aromatic rings. The number of rotatable bonds is 0. The first-order valence-corrected chi connectivity index (χ1v) is 4.67. The second-order valence-corrected chi connectivity index (χ2v) is 3.83. The first-order valence-electron chi connectivity index (χ1n) is 3.42. The minimum absolute atomic E-state index is 0.126. The van der Waals surface area contributed by atoms with E-state index in [0.29, 0.717) is 0 Å². The molecule has 0 aromatic carbocycles. The number of halogens is 1. The van der Waals surface area contributed by atoms with Crippen molar-refractivity contribution in [1.82, 2.24) is 4.90 Å². The number of nitrogens with zero attached hydrogens (tertiary/aromatic N) is 1. The smallest absolute Gasteiger partial charge is 0.410 e. The summed E-state index contributed by atoms with van der Waals surface area (Å²) in [5.74, 6) is 0. The van der Waals surface area contributed by atoms with Gasteiger partial charge in [-0.2, -0.15) is 0 Å². The van der Waals surface area contributed by atoms with Crippen molar-refractivity contribution in [3.63, 3.8) is 0 Å². The van der Waals surface area contributed by atoms with Gasteiger partial charge in [0, 0.05) is 0 Å². The van der Waals surface area contributed by atoms with Gasteiger partial charge in [-0.15, -0.1) is 0 Å². The molecule has 3 atom stereocenters. The molecule has 0 radical (unpaired) electrons. The number of alkyl halides is 1. The number of hydrogen-bond acceptors (Lipinski definition) is 4. The van der Waals surface area contributed by atoms with Crippen molar-refractivity contribution >= 4 is 28.7 Å². The quantitative estimate of drug-likeness (QED) is 0.360. The second-order valence-electron chi connectivity index (χ2n) is 2.55. The summed E-state index contributed by atoms with van der Waals surface area (Å²) in [5.41, 5.74) is 0. The fraction of sp³-hybridized carbons (Fsp3) is 0.833. The topological polar surface area (TPSA) is 70.0 Å². The number of β-amino-alcohol motifs (C(OH)–C–C–N with tert-alkyl or cyclic N) is 1. The lowest BCUT2D eigenvalue weighted by Gasteiger charge is -2.18. The Morgan fingerprint density at radius 2 is 2.25 bits per heavy atom. The van der Waals surface area contributed by atoms with Crippen LogP contribution in [0.3, 0.4) is 0 Å². The lowest BCUT2D eigenvalue weighted by molar-refractivity contribution is 0.0547. The molecule has 5 nitrogen and oxygen atoms in total. The van der Waals surface area contributed by atoms with Crippen LogP contribution in [0.25, 0.3) is 0 Å². The van der Waals surface area contributed by atoms with E-state index in [1.807, 2.05) is 22.6 Å².